The van der Waals surface area contributed by atoms with Crippen LogP contribution in [-0.2, 0) is 0 Å². The summed E-state index contributed by atoms with van der Waals surface area (Å²) in [6.07, 6.45) is 3.76. The van der Waals surface area contributed by atoms with Crippen LogP contribution in [0.25, 0.3) is 11.8 Å². The van der Waals surface area contributed by atoms with Gasteiger partial charge in [0, 0.05) is 11.1 Å². The second-order valence-corrected chi connectivity index (χ2v) is 6.55. The van der Waals surface area contributed by atoms with Crippen LogP contribution in [0.4, 0.5) is 5.69 Å². The van der Waals surface area contributed by atoms with Crippen LogP contribution < -0.4 is 14.8 Å². The van der Waals surface area contributed by atoms with Crippen LogP contribution in [0.3, 0.4) is 0 Å². The number of amides is 1. The summed E-state index contributed by atoms with van der Waals surface area (Å²) in [4.78, 5) is 13.0. The molecule has 1 heterocycles. The molecule has 0 saturated heterocycles. The van der Waals surface area contributed by atoms with Crippen molar-refractivity contribution in [3.8, 4) is 17.2 Å². The topological polar surface area (TPSA) is 65.4 Å². The van der Waals surface area contributed by atoms with Crippen molar-refractivity contribution < 1.29 is 14.3 Å². The smallest absolute Gasteiger partial charge is 0.255 e. The largest absolute Gasteiger partial charge is 0.493 e. The maximum absolute atomic E-state index is 13.0. The zero-order chi connectivity index (χ0) is 21.0. The van der Waals surface area contributed by atoms with Crippen LogP contribution in [-0.4, -0.2) is 29.9 Å². The van der Waals surface area contributed by atoms with Crippen LogP contribution in [0.1, 0.15) is 34.2 Å². The summed E-state index contributed by atoms with van der Waals surface area (Å²) >= 11 is 0. The number of carbonyl (C=O) groups is 1. The first kappa shape index (κ1) is 20.2. The van der Waals surface area contributed by atoms with E-state index >= 15 is 0 Å². The van der Waals surface area contributed by atoms with E-state index in [1.807, 2.05) is 67.9 Å². The molecule has 0 aliphatic heterocycles. The minimum atomic E-state index is -0.240. The Hall–Kier alpha value is -3.54. The second kappa shape index (κ2) is 8.65. The fraction of sp³-hybridized carbons (Fsp3) is 0.217. The van der Waals surface area contributed by atoms with E-state index in [2.05, 4.69) is 10.4 Å². The van der Waals surface area contributed by atoms with Crippen molar-refractivity contribution in [1.29, 1.82) is 0 Å². The number of hydrogen-bond donors (Lipinski definition) is 1. The number of allylic oxidation sites excluding steroid dienone is 1. The molecule has 1 amide bonds. The van der Waals surface area contributed by atoms with E-state index in [1.165, 1.54) is 0 Å². The molecular formula is C23H25N3O3. The Morgan fingerprint density at radius 1 is 1.10 bits per heavy atom. The molecule has 1 aromatic heterocycles. The van der Waals surface area contributed by atoms with Crippen LogP contribution in [0.2, 0.25) is 0 Å². The zero-order valence-electron chi connectivity index (χ0n) is 17.3. The van der Waals surface area contributed by atoms with E-state index < -0.39 is 0 Å². The van der Waals surface area contributed by atoms with Gasteiger partial charge < -0.3 is 14.8 Å². The van der Waals surface area contributed by atoms with Crippen molar-refractivity contribution in [3.63, 3.8) is 0 Å². The van der Waals surface area contributed by atoms with Gasteiger partial charge in [-0.05, 0) is 45.0 Å². The third-order valence-electron chi connectivity index (χ3n) is 4.65. The molecule has 0 fully saturated rings. The first-order valence-electron chi connectivity index (χ1n) is 9.31. The summed E-state index contributed by atoms with van der Waals surface area (Å²) in [6, 6.07) is 13.3. The summed E-state index contributed by atoms with van der Waals surface area (Å²) in [6.45, 7) is 5.72. The Kier molecular flexibility index (Phi) is 6.02. The molecule has 3 aromatic rings. The summed E-state index contributed by atoms with van der Waals surface area (Å²) in [5.74, 6) is 0.851. The number of anilines is 1. The number of nitrogens with one attached hydrogen (secondary N) is 1. The highest BCUT2D eigenvalue weighted by atomic mass is 16.5. The summed E-state index contributed by atoms with van der Waals surface area (Å²) in [5, 5.41) is 7.58. The quantitative estimate of drug-likeness (QED) is 0.656. The number of rotatable bonds is 6. The van der Waals surface area contributed by atoms with Gasteiger partial charge in [0.1, 0.15) is 0 Å². The van der Waals surface area contributed by atoms with E-state index in [0.29, 0.717) is 22.7 Å². The highest BCUT2D eigenvalue weighted by Gasteiger charge is 2.19. The van der Waals surface area contributed by atoms with Crippen LogP contribution in [0.5, 0.6) is 11.5 Å². The normalized spacial score (nSPS) is 10.9. The summed E-state index contributed by atoms with van der Waals surface area (Å²) < 4.78 is 12.7. The molecule has 0 bridgehead atoms. The van der Waals surface area contributed by atoms with Gasteiger partial charge in [-0.3, -0.25) is 4.79 Å². The molecule has 0 unspecified atom stereocenters. The SMILES string of the molecule is C/C=C/c1cc(C(=O)Nc2c(C)nn(-c3ccccc3)c2C)cc(OC)c1OC. The maximum atomic E-state index is 13.0. The molecule has 3 rings (SSSR count). The highest BCUT2D eigenvalue weighted by Crippen LogP contribution is 2.34. The number of carbonyl (C=O) groups excluding carboxylic acids is 1. The zero-order valence-corrected chi connectivity index (χ0v) is 17.3. The number of benzene rings is 2. The monoisotopic (exact) mass is 391 g/mol. The van der Waals surface area contributed by atoms with Gasteiger partial charge in [-0.25, -0.2) is 4.68 Å². The van der Waals surface area contributed by atoms with Crippen LogP contribution in [0.15, 0.2) is 48.5 Å². The van der Waals surface area contributed by atoms with Gasteiger partial charge in [-0.2, -0.15) is 5.10 Å². The Bertz CT molecular complexity index is 1050. The third-order valence-corrected chi connectivity index (χ3v) is 4.65. The molecule has 0 aliphatic rings. The number of methoxy groups -OCH3 is 2. The van der Waals surface area contributed by atoms with Crippen molar-refractivity contribution in [3.05, 3.63) is 71.1 Å². The predicted octanol–water partition coefficient (Wildman–Crippen LogP) is 4.79. The molecule has 0 spiro atoms. The molecule has 0 radical (unpaired) electrons. The maximum Gasteiger partial charge on any atom is 0.255 e. The highest BCUT2D eigenvalue weighted by molar-refractivity contribution is 6.05. The molecule has 0 saturated carbocycles. The number of nitrogens with zero attached hydrogens (tertiary/aromatic N) is 2. The fourth-order valence-corrected chi connectivity index (χ4v) is 3.26. The average molecular weight is 391 g/mol. The van der Waals surface area contributed by atoms with Crippen molar-refractivity contribution in [2.24, 2.45) is 0 Å². The molecule has 0 atom stereocenters. The van der Waals surface area contributed by atoms with Gasteiger partial charge in [0.2, 0.25) is 0 Å². The van der Waals surface area contributed by atoms with Crippen molar-refractivity contribution in [1.82, 2.24) is 9.78 Å². The van der Waals surface area contributed by atoms with Gasteiger partial charge in [-0.1, -0.05) is 30.4 Å². The lowest BCUT2D eigenvalue weighted by atomic mass is 10.1. The lowest BCUT2D eigenvalue weighted by Crippen LogP contribution is -2.14. The summed E-state index contributed by atoms with van der Waals surface area (Å²) in [7, 11) is 3.13. The van der Waals surface area contributed by atoms with Crippen molar-refractivity contribution >= 4 is 17.7 Å². The van der Waals surface area contributed by atoms with Crippen molar-refractivity contribution in [2.75, 3.05) is 19.5 Å². The number of ether oxygens (including phenoxy) is 2. The second-order valence-electron chi connectivity index (χ2n) is 6.55. The van der Waals surface area contributed by atoms with E-state index in [0.717, 1.165) is 22.6 Å². The van der Waals surface area contributed by atoms with E-state index in [-0.39, 0.29) is 5.91 Å². The fourth-order valence-electron chi connectivity index (χ4n) is 3.26. The predicted molar refractivity (Wildman–Crippen MR) is 115 cm³/mol. The van der Waals surface area contributed by atoms with Crippen molar-refractivity contribution in [2.45, 2.75) is 20.8 Å². The molecule has 150 valence electrons. The molecular weight excluding hydrogens is 366 g/mol. The van der Waals surface area contributed by atoms with Crippen LogP contribution in [0, 0.1) is 13.8 Å². The van der Waals surface area contributed by atoms with E-state index in [4.69, 9.17) is 9.47 Å². The van der Waals surface area contributed by atoms with Gasteiger partial charge in [0.05, 0.1) is 37.0 Å². The minimum Gasteiger partial charge on any atom is -0.493 e. The number of hydrogen-bond acceptors (Lipinski definition) is 4. The van der Waals surface area contributed by atoms with Gasteiger partial charge in [-0.15, -0.1) is 0 Å². The summed E-state index contributed by atoms with van der Waals surface area (Å²) in [5.41, 5.74) is 4.48. The molecule has 0 aliphatic carbocycles. The number of aryl methyl sites for hydroxylation is 1. The first-order valence-corrected chi connectivity index (χ1v) is 9.31. The average Bonchev–Trinajstić information content (AvgIpc) is 3.02. The first-order chi connectivity index (χ1) is 14.0. The minimum absolute atomic E-state index is 0.240. The number of aromatic nitrogens is 2. The van der Waals surface area contributed by atoms with Gasteiger partial charge >= 0.3 is 0 Å². The van der Waals surface area contributed by atoms with Gasteiger partial charge in [0.15, 0.2) is 11.5 Å². The Labute approximate surface area is 170 Å². The van der Waals surface area contributed by atoms with Crippen LogP contribution >= 0.6 is 0 Å². The molecule has 1 N–H and O–H groups in total. The Morgan fingerprint density at radius 3 is 2.45 bits per heavy atom. The lowest BCUT2D eigenvalue weighted by molar-refractivity contribution is 0.102. The molecule has 2 aromatic carbocycles. The molecule has 6 heteroatoms. The molecule has 29 heavy (non-hydrogen) atoms. The van der Waals surface area contributed by atoms with E-state index in [9.17, 15) is 4.79 Å². The molecule has 6 nitrogen and oxygen atoms in total. The standard InChI is InChI=1S/C23H25N3O3/c1-6-10-17-13-18(14-20(28-4)22(17)29-5)23(27)24-21-15(2)25-26(16(21)3)19-11-8-7-9-12-19/h6-14H,1-5H3,(H,24,27)/b10-6+. The Morgan fingerprint density at radius 2 is 1.83 bits per heavy atom. The third kappa shape index (κ3) is 4.01. The van der Waals surface area contributed by atoms with E-state index in [1.54, 1.807) is 26.4 Å². The van der Waals surface area contributed by atoms with Gasteiger partial charge in [0.25, 0.3) is 5.91 Å². The number of para-hydroxylation sites is 1. The Balaban J connectivity index is 1.97. The lowest BCUT2D eigenvalue weighted by Gasteiger charge is -2.13.